The molecular weight excluding hydrogens is 382 g/mol. The highest BCUT2D eigenvalue weighted by Crippen LogP contribution is 2.30. The lowest BCUT2D eigenvalue weighted by Crippen LogP contribution is -2.12. The van der Waals surface area contributed by atoms with Gasteiger partial charge in [0.05, 0.1) is 30.5 Å². The van der Waals surface area contributed by atoms with Crippen molar-refractivity contribution in [2.45, 2.75) is 13.8 Å². The van der Waals surface area contributed by atoms with E-state index in [4.69, 9.17) is 9.47 Å². The van der Waals surface area contributed by atoms with E-state index < -0.39 is 5.97 Å². The molecule has 3 aromatic rings. The van der Waals surface area contributed by atoms with Crippen LogP contribution in [-0.4, -0.2) is 30.6 Å². The lowest BCUT2D eigenvalue weighted by atomic mass is 9.96. The molecule has 3 aromatic carbocycles. The van der Waals surface area contributed by atoms with Gasteiger partial charge >= 0.3 is 5.97 Å². The maximum Gasteiger partial charge on any atom is 0.340 e. The first kappa shape index (κ1) is 20.9. The van der Waals surface area contributed by atoms with Crippen LogP contribution < -0.4 is 10.1 Å². The van der Waals surface area contributed by atoms with Gasteiger partial charge in [0.2, 0.25) is 0 Å². The molecule has 0 aliphatic heterocycles. The fourth-order valence-electron chi connectivity index (χ4n) is 3.09. The fraction of sp³-hybridized carbons (Fsp3) is 0.167. The van der Waals surface area contributed by atoms with Crippen LogP contribution in [0.15, 0.2) is 60.7 Å². The minimum atomic E-state index is -0.538. The fourth-order valence-corrected chi connectivity index (χ4v) is 3.09. The Balaban J connectivity index is 2.05. The highest BCUT2D eigenvalue weighted by Gasteiger charge is 2.21. The predicted molar refractivity (Wildman–Crippen MR) is 115 cm³/mol. The Morgan fingerprint density at radius 3 is 2.33 bits per heavy atom. The lowest BCUT2D eigenvalue weighted by molar-refractivity contribution is 0.0527. The quantitative estimate of drug-likeness (QED) is 0.431. The Kier molecular flexibility index (Phi) is 6.37. The number of ketones is 1. The first-order valence-corrected chi connectivity index (χ1v) is 9.50. The number of ether oxygens (including phenoxy) is 2. The van der Waals surface area contributed by atoms with Gasteiger partial charge in [-0.25, -0.2) is 4.79 Å². The smallest absolute Gasteiger partial charge is 0.340 e. The molecule has 6 heteroatoms. The van der Waals surface area contributed by atoms with E-state index in [1.807, 2.05) is 12.1 Å². The van der Waals surface area contributed by atoms with Gasteiger partial charge in [-0.3, -0.25) is 4.79 Å². The summed E-state index contributed by atoms with van der Waals surface area (Å²) in [6.07, 6.45) is 0. The number of anilines is 2. The summed E-state index contributed by atoms with van der Waals surface area (Å²) in [5.74, 6) is -0.314. The third-order valence-corrected chi connectivity index (χ3v) is 4.60. The maximum absolute atomic E-state index is 12.9. The van der Waals surface area contributed by atoms with Gasteiger partial charge in [-0.2, -0.15) is 0 Å². The summed E-state index contributed by atoms with van der Waals surface area (Å²) in [6, 6.07) is 16.7. The zero-order valence-electron chi connectivity index (χ0n) is 17.1. The second-order valence-corrected chi connectivity index (χ2v) is 6.64. The third-order valence-electron chi connectivity index (χ3n) is 4.60. The number of hydrogen-bond donors (Lipinski definition) is 2. The van der Waals surface area contributed by atoms with Crippen LogP contribution in [0, 0.1) is 6.92 Å². The van der Waals surface area contributed by atoms with Gasteiger partial charge in [-0.1, -0.05) is 12.1 Å². The van der Waals surface area contributed by atoms with Gasteiger partial charge < -0.3 is 19.9 Å². The van der Waals surface area contributed by atoms with Crippen molar-refractivity contribution in [3.8, 4) is 11.5 Å². The molecule has 30 heavy (non-hydrogen) atoms. The Hall–Kier alpha value is -3.80. The molecule has 0 radical (unpaired) electrons. The van der Waals surface area contributed by atoms with Crippen LogP contribution in [0.3, 0.4) is 0 Å². The lowest BCUT2D eigenvalue weighted by Gasteiger charge is -2.16. The minimum Gasteiger partial charge on any atom is -0.507 e. The topological polar surface area (TPSA) is 84.9 Å². The highest BCUT2D eigenvalue weighted by atomic mass is 16.5. The zero-order chi connectivity index (χ0) is 21.7. The summed E-state index contributed by atoms with van der Waals surface area (Å²) >= 11 is 0. The molecule has 0 atom stereocenters. The van der Waals surface area contributed by atoms with E-state index in [9.17, 15) is 14.7 Å². The monoisotopic (exact) mass is 405 g/mol. The van der Waals surface area contributed by atoms with E-state index in [1.54, 1.807) is 57.4 Å². The average molecular weight is 405 g/mol. The van der Waals surface area contributed by atoms with Crippen LogP contribution in [-0.2, 0) is 4.74 Å². The van der Waals surface area contributed by atoms with Gasteiger partial charge in [0, 0.05) is 11.3 Å². The van der Waals surface area contributed by atoms with Crippen molar-refractivity contribution in [1.82, 2.24) is 0 Å². The second-order valence-electron chi connectivity index (χ2n) is 6.64. The van der Waals surface area contributed by atoms with Crippen LogP contribution >= 0.6 is 0 Å². The number of rotatable bonds is 7. The van der Waals surface area contributed by atoms with E-state index in [2.05, 4.69) is 5.32 Å². The van der Waals surface area contributed by atoms with Crippen molar-refractivity contribution in [2.24, 2.45) is 0 Å². The average Bonchev–Trinajstić information content (AvgIpc) is 2.75. The van der Waals surface area contributed by atoms with Gasteiger partial charge in [-0.05, 0) is 67.9 Å². The molecule has 0 aliphatic rings. The summed E-state index contributed by atoms with van der Waals surface area (Å²) < 4.78 is 10.4. The molecule has 0 heterocycles. The molecule has 0 fully saturated rings. The molecule has 0 spiro atoms. The second kappa shape index (κ2) is 9.13. The molecule has 0 saturated heterocycles. The van der Waals surface area contributed by atoms with Crippen molar-refractivity contribution in [2.75, 3.05) is 19.0 Å². The van der Waals surface area contributed by atoms with Crippen LogP contribution in [0.25, 0.3) is 0 Å². The normalized spacial score (nSPS) is 10.4. The van der Waals surface area contributed by atoms with E-state index in [1.165, 1.54) is 12.1 Å². The Morgan fingerprint density at radius 1 is 1.00 bits per heavy atom. The number of carbonyl (C=O) groups excluding carboxylic acids is 2. The number of phenols is 1. The van der Waals surface area contributed by atoms with Gasteiger partial charge in [0.1, 0.15) is 11.5 Å². The number of nitrogens with one attached hydrogen (secondary N) is 1. The Bertz CT molecular complexity index is 1070. The summed E-state index contributed by atoms with van der Waals surface area (Å²) in [5.41, 5.74) is 2.69. The summed E-state index contributed by atoms with van der Waals surface area (Å²) in [5, 5.41) is 13.3. The molecule has 154 valence electrons. The van der Waals surface area contributed by atoms with Crippen LogP contribution in [0.1, 0.15) is 38.8 Å². The number of aromatic hydroxyl groups is 1. The number of carbonyl (C=O) groups is 2. The molecule has 0 bridgehead atoms. The van der Waals surface area contributed by atoms with Crippen LogP contribution in [0.5, 0.6) is 11.5 Å². The molecule has 0 saturated carbocycles. The van der Waals surface area contributed by atoms with E-state index in [0.717, 1.165) is 5.69 Å². The standard InChI is InChI=1S/C24H23NO5/c1-4-30-24(28)20-14-16(23(27)19-7-5-6-8-21(19)26)13-15(2)22(20)25-17-9-11-18(29-3)12-10-17/h5-14,25-26H,4H2,1-3H3. The maximum atomic E-state index is 12.9. The van der Waals surface area contributed by atoms with E-state index in [-0.39, 0.29) is 34.8 Å². The molecule has 6 nitrogen and oxygen atoms in total. The SMILES string of the molecule is CCOC(=O)c1cc(C(=O)c2ccccc2O)cc(C)c1Nc1ccc(OC)cc1. The molecular formula is C24H23NO5. The molecule has 0 unspecified atom stereocenters. The number of methoxy groups -OCH3 is 1. The number of benzene rings is 3. The predicted octanol–water partition coefficient (Wildman–Crippen LogP) is 4.86. The largest absolute Gasteiger partial charge is 0.507 e. The van der Waals surface area contributed by atoms with E-state index >= 15 is 0 Å². The number of para-hydroxylation sites is 1. The number of aryl methyl sites for hydroxylation is 1. The third kappa shape index (κ3) is 4.43. The molecule has 3 rings (SSSR count). The van der Waals surface area contributed by atoms with Gasteiger partial charge in [0.15, 0.2) is 5.78 Å². The highest BCUT2D eigenvalue weighted by molar-refractivity contribution is 6.12. The number of esters is 1. The van der Waals surface area contributed by atoms with Gasteiger partial charge in [0.25, 0.3) is 0 Å². The van der Waals surface area contributed by atoms with Crippen molar-refractivity contribution >= 4 is 23.1 Å². The van der Waals surface area contributed by atoms with Crippen LogP contribution in [0.2, 0.25) is 0 Å². The first-order chi connectivity index (χ1) is 14.4. The van der Waals surface area contributed by atoms with Crippen molar-refractivity contribution in [1.29, 1.82) is 0 Å². The zero-order valence-corrected chi connectivity index (χ0v) is 17.1. The summed E-state index contributed by atoms with van der Waals surface area (Å²) in [6.45, 7) is 3.73. The van der Waals surface area contributed by atoms with Gasteiger partial charge in [-0.15, -0.1) is 0 Å². The molecule has 0 aliphatic carbocycles. The molecule has 0 amide bonds. The Labute approximate surface area is 175 Å². The number of phenolic OH excluding ortho intramolecular Hbond substituents is 1. The van der Waals surface area contributed by atoms with Crippen molar-refractivity contribution in [3.05, 3.63) is 82.9 Å². The number of hydrogen-bond acceptors (Lipinski definition) is 6. The van der Waals surface area contributed by atoms with Crippen molar-refractivity contribution < 1.29 is 24.2 Å². The minimum absolute atomic E-state index is 0.113. The van der Waals surface area contributed by atoms with E-state index in [0.29, 0.717) is 17.0 Å². The first-order valence-electron chi connectivity index (χ1n) is 9.50. The van der Waals surface area contributed by atoms with Crippen molar-refractivity contribution in [3.63, 3.8) is 0 Å². The molecule has 2 N–H and O–H groups in total. The summed E-state index contributed by atoms with van der Waals surface area (Å²) in [4.78, 5) is 25.6. The summed E-state index contributed by atoms with van der Waals surface area (Å²) in [7, 11) is 1.59. The van der Waals surface area contributed by atoms with Crippen LogP contribution in [0.4, 0.5) is 11.4 Å². The molecule has 0 aromatic heterocycles. The Morgan fingerprint density at radius 2 is 1.70 bits per heavy atom.